The molecule has 0 aliphatic heterocycles. The van der Waals surface area contributed by atoms with Crippen molar-refractivity contribution in [1.29, 1.82) is 0 Å². The van der Waals surface area contributed by atoms with E-state index in [-0.39, 0.29) is 11.1 Å². The van der Waals surface area contributed by atoms with Crippen molar-refractivity contribution in [3.63, 3.8) is 0 Å². The van der Waals surface area contributed by atoms with E-state index in [2.05, 4.69) is 20.6 Å². The maximum Gasteiger partial charge on any atom is 0.224 e. The van der Waals surface area contributed by atoms with E-state index in [1.807, 2.05) is 13.0 Å². The predicted octanol–water partition coefficient (Wildman–Crippen LogP) is 4.93. The molecular formula is C18H22ClFN4. The number of hydrogen-bond donors (Lipinski definition) is 2. The third kappa shape index (κ3) is 4.15. The van der Waals surface area contributed by atoms with Crippen LogP contribution >= 0.6 is 11.6 Å². The van der Waals surface area contributed by atoms with Gasteiger partial charge in [0.25, 0.3) is 0 Å². The van der Waals surface area contributed by atoms with Crippen LogP contribution in [-0.4, -0.2) is 16.0 Å². The van der Waals surface area contributed by atoms with Gasteiger partial charge in [0.15, 0.2) is 0 Å². The standard InChI is InChI=1S/C18H22ClFN4/c1-12-6-5-9-15(20)16(12)21-10-13-11-22-18(19)24-17(13)23-14-7-3-2-4-8-14/h5-6,9,11,14,21H,2-4,7-8,10H2,1H3,(H,22,23,24). The third-order valence-corrected chi connectivity index (χ3v) is 4.64. The molecule has 0 atom stereocenters. The summed E-state index contributed by atoms with van der Waals surface area (Å²) in [7, 11) is 0. The van der Waals surface area contributed by atoms with Gasteiger partial charge < -0.3 is 10.6 Å². The smallest absolute Gasteiger partial charge is 0.224 e. The molecular weight excluding hydrogens is 327 g/mol. The van der Waals surface area contributed by atoms with Crippen LogP contribution in [0.3, 0.4) is 0 Å². The minimum atomic E-state index is -0.258. The number of nitrogens with one attached hydrogen (secondary N) is 2. The Balaban J connectivity index is 1.75. The normalized spacial score (nSPS) is 15.3. The van der Waals surface area contributed by atoms with Gasteiger partial charge in [-0.05, 0) is 43.0 Å². The molecule has 1 aromatic carbocycles. The zero-order chi connectivity index (χ0) is 16.9. The van der Waals surface area contributed by atoms with E-state index in [0.29, 0.717) is 18.3 Å². The highest BCUT2D eigenvalue weighted by molar-refractivity contribution is 6.28. The van der Waals surface area contributed by atoms with Gasteiger partial charge in [0, 0.05) is 24.3 Å². The number of benzene rings is 1. The highest BCUT2D eigenvalue weighted by Gasteiger charge is 2.16. The highest BCUT2D eigenvalue weighted by Crippen LogP contribution is 2.25. The van der Waals surface area contributed by atoms with Gasteiger partial charge in [-0.25, -0.2) is 14.4 Å². The maximum absolute atomic E-state index is 14.0. The van der Waals surface area contributed by atoms with Crippen LogP contribution in [0, 0.1) is 12.7 Å². The van der Waals surface area contributed by atoms with Crippen LogP contribution in [0.5, 0.6) is 0 Å². The highest BCUT2D eigenvalue weighted by atomic mass is 35.5. The molecule has 0 radical (unpaired) electrons. The molecule has 1 saturated carbocycles. The minimum Gasteiger partial charge on any atom is -0.378 e. The molecule has 1 aliphatic carbocycles. The van der Waals surface area contributed by atoms with Gasteiger partial charge in [0.2, 0.25) is 5.28 Å². The largest absolute Gasteiger partial charge is 0.378 e. The van der Waals surface area contributed by atoms with Crippen LogP contribution in [0.15, 0.2) is 24.4 Å². The minimum absolute atomic E-state index is 0.221. The summed E-state index contributed by atoms with van der Waals surface area (Å²) in [6.07, 6.45) is 7.74. The van der Waals surface area contributed by atoms with Crippen LogP contribution in [0.2, 0.25) is 5.28 Å². The van der Waals surface area contributed by atoms with Crippen LogP contribution in [0.4, 0.5) is 15.9 Å². The number of aryl methyl sites for hydroxylation is 1. The first-order valence-corrected chi connectivity index (χ1v) is 8.78. The zero-order valence-corrected chi connectivity index (χ0v) is 14.5. The molecule has 0 unspecified atom stereocenters. The molecule has 0 bridgehead atoms. The maximum atomic E-state index is 14.0. The van der Waals surface area contributed by atoms with Crippen LogP contribution in [0.1, 0.15) is 43.2 Å². The van der Waals surface area contributed by atoms with E-state index in [1.54, 1.807) is 12.3 Å². The summed E-state index contributed by atoms with van der Waals surface area (Å²) in [6, 6.07) is 5.45. The summed E-state index contributed by atoms with van der Waals surface area (Å²) in [5, 5.41) is 6.86. The van der Waals surface area contributed by atoms with Crippen LogP contribution in [0.25, 0.3) is 0 Å². The van der Waals surface area contributed by atoms with Gasteiger partial charge in [-0.15, -0.1) is 0 Å². The summed E-state index contributed by atoms with van der Waals surface area (Å²) in [4.78, 5) is 8.40. The SMILES string of the molecule is Cc1cccc(F)c1NCc1cnc(Cl)nc1NC1CCCCC1. The van der Waals surface area contributed by atoms with Crippen molar-refractivity contribution in [3.8, 4) is 0 Å². The molecule has 128 valence electrons. The van der Waals surface area contributed by atoms with Crippen molar-refractivity contribution >= 4 is 23.1 Å². The van der Waals surface area contributed by atoms with Crippen LogP contribution in [-0.2, 0) is 6.54 Å². The number of halogens is 2. The molecule has 0 saturated heterocycles. The molecule has 1 aliphatic rings. The quantitative estimate of drug-likeness (QED) is 0.752. The second-order valence-corrected chi connectivity index (χ2v) is 6.62. The Bertz CT molecular complexity index is 681. The summed E-state index contributed by atoms with van der Waals surface area (Å²) in [6.45, 7) is 2.32. The lowest BCUT2D eigenvalue weighted by Gasteiger charge is -2.24. The Morgan fingerprint density at radius 3 is 2.79 bits per heavy atom. The van der Waals surface area contributed by atoms with Crippen LogP contribution < -0.4 is 10.6 Å². The van der Waals surface area contributed by atoms with Crippen molar-refractivity contribution < 1.29 is 4.39 Å². The Kier molecular flexibility index (Phi) is 5.51. The number of para-hydroxylation sites is 1. The molecule has 1 aromatic heterocycles. The number of rotatable bonds is 5. The summed E-state index contributed by atoms with van der Waals surface area (Å²) in [5.74, 6) is 0.482. The Morgan fingerprint density at radius 2 is 2.04 bits per heavy atom. The molecule has 2 aromatic rings. The van der Waals surface area contributed by atoms with E-state index in [1.165, 1.54) is 25.3 Å². The van der Waals surface area contributed by atoms with Crippen molar-refractivity contribution in [2.75, 3.05) is 10.6 Å². The summed E-state index contributed by atoms with van der Waals surface area (Å²) >= 11 is 5.96. The molecule has 3 rings (SSSR count). The lowest BCUT2D eigenvalue weighted by Crippen LogP contribution is -2.24. The first kappa shape index (κ1) is 17.0. The Labute approximate surface area is 146 Å². The lowest BCUT2D eigenvalue weighted by atomic mass is 9.95. The van der Waals surface area contributed by atoms with E-state index in [0.717, 1.165) is 29.8 Å². The lowest BCUT2D eigenvalue weighted by molar-refractivity contribution is 0.461. The van der Waals surface area contributed by atoms with Gasteiger partial charge in [-0.1, -0.05) is 31.4 Å². The Morgan fingerprint density at radius 1 is 1.25 bits per heavy atom. The first-order chi connectivity index (χ1) is 11.6. The van der Waals surface area contributed by atoms with E-state index >= 15 is 0 Å². The van der Waals surface area contributed by atoms with Gasteiger partial charge in [-0.2, -0.15) is 0 Å². The molecule has 24 heavy (non-hydrogen) atoms. The topological polar surface area (TPSA) is 49.8 Å². The molecule has 1 heterocycles. The second kappa shape index (κ2) is 7.79. The van der Waals surface area contributed by atoms with Gasteiger partial charge in [0.05, 0.1) is 5.69 Å². The fraction of sp³-hybridized carbons (Fsp3) is 0.444. The average molecular weight is 349 g/mol. The molecule has 0 spiro atoms. The summed E-state index contributed by atoms with van der Waals surface area (Å²) < 4.78 is 14.0. The van der Waals surface area contributed by atoms with Crippen molar-refractivity contribution in [2.24, 2.45) is 0 Å². The number of hydrogen-bond acceptors (Lipinski definition) is 4. The van der Waals surface area contributed by atoms with E-state index < -0.39 is 0 Å². The van der Waals surface area contributed by atoms with Crippen molar-refractivity contribution in [2.45, 2.75) is 51.6 Å². The molecule has 6 heteroatoms. The number of nitrogens with zero attached hydrogens (tertiary/aromatic N) is 2. The number of aromatic nitrogens is 2. The van der Waals surface area contributed by atoms with E-state index in [9.17, 15) is 4.39 Å². The average Bonchev–Trinajstić information content (AvgIpc) is 2.57. The second-order valence-electron chi connectivity index (χ2n) is 6.28. The number of anilines is 2. The van der Waals surface area contributed by atoms with Gasteiger partial charge in [-0.3, -0.25) is 0 Å². The molecule has 4 nitrogen and oxygen atoms in total. The van der Waals surface area contributed by atoms with Crippen molar-refractivity contribution in [1.82, 2.24) is 9.97 Å². The molecule has 2 N–H and O–H groups in total. The predicted molar refractivity (Wildman–Crippen MR) is 96.0 cm³/mol. The van der Waals surface area contributed by atoms with Gasteiger partial charge in [0.1, 0.15) is 11.6 Å². The Hall–Kier alpha value is -1.88. The molecule has 1 fully saturated rings. The first-order valence-electron chi connectivity index (χ1n) is 8.40. The fourth-order valence-corrected chi connectivity index (χ4v) is 3.25. The fourth-order valence-electron chi connectivity index (χ4n) is 3.12. The monoisotopic (exact) mass is 348 g/mol. The van der Waals surface area contributed by atoms with E-state index in [4.69, 9.17) is 11.6 Å². The van der Waals surface area contributed by atoms with Crippen molar-refractivity contribution in [3.05, 3.63) is 46.6 Å². The van der Waals surface area contributed by atoms with Gasteiger partial charge >= 0.3 is 0 Å². The molecule has 0 amide bonds. The summed E-state index contributed by atoms with van der Waals surface area (Å²) in [5.41, 5.74) is 2.26. The zero-order valence-electron chi connectivity index (χ0n) is 13.8. The third-order valence-electron chi connectivity index (χ3n) is 4.46.